The van der Waals surface area contributed by atoms with Crippen molar-refractivity contribution < 1.29 is 4.74 Å². The van der Waals surface area contributed by atoms with E-state index in [-0.39, 0.29) is 0 Å². The van der Waals surface area contributed by atoms with Crippen molar-refractivity contribution in [3.05, 3.63) is 48.0 Å². The van der Waals surface area contributed by atoms with Gasteiger partial charge in [-0.15, -0.1) is 0 Å². The zero-order valence-electron chi connectivity index (χ0n) is 11.6. The lowest BCUT2D eigenvalue weighted by Crippen LogP contribution is -2.16. The van der Waals surface area contributed by atoms with E-state index in [1.54, 1.807) is 7.11 Å². The lowest BCUT2D eigenvalue weighted by molar-refractivity contribution is 0.414. The van der Waals surface area contributed by atoms with Crippen molar-refractivity contribution in [2.24, 2.45) is 0 Å². The molecule has 19 heavy (non-hydrogen) atoms. The Hall–Kier alpha value is -1.81. The summed E-state index contributed by atoms with van der Waals surface area (Å²) in [6, 6.07) is 8.13. The van der Waals surface area contributed by atoms with Crippen LogP contribution < -0.4 is 10.1 Å². The Morgan fingerprint density at radius 1 is 1.26 bits per heavy atom. The molecule has 4 nitrogen and oxygen atoms in total. The smallest absolute Gasteiger partial charge is 0.118 e. The van der Waals surface area contributed by atoms with Gasteiger partial charge in [0.15, 0.2) is 0 Å². The van der Waals surface area contributed by atoms with Crippen LogP contribution in [-0.2, 0) is 13.0 Å². The number of likely N-dealkylation sites (N-methyl/N-ethyl adjacent to an activating group) is 1. The third-order valence-electron chi connectivity index (χ3n) is 3.02. The molecular weight excluding hydrogens is 238 g/mol. The number of aromatic nitrogens is 2. The number of rotatable bonds is 7. The van der Waals surface area contributed by atoms with E-state index in [9.17, 15) is 0 Å². The van der Waals surface area contributed by atoms with Crippen LogP contribution in [0.5, 0.6) is 5.75 Å². The number of benzene rings is 1. The summed E-state index contributed by atoms with van der Waals surface area (Å²) in [4.78, 5) is 4.42. The van der Waals surface area contributed by atoms with Gasteiger partial charge in [-0.1, -0.05) is 19.1 Å². The molecule has 1 N–H and O–H groups in total. The topological polar surface area (TPSA) is 39.1 Å². The van der Waals surface area contributed by atoms with Gasteiger partial charge in [0.05, 0.1) is 19.1 Å². The van der Waals surface area contributed by atoms with E-state index < -0.39 is 0 Å². The van der Waals surface area contributed by atoms with E-state index in [1.807, 2.05) is 18.5 Å². The average Bonchev–Trinajstić information content (AvgIpc) is 2.88. The normalized spacial score (nSPS) is 10.6. The van der Waals surface area contributed by atoms with E-state index in [2.05, 4.69) is 40.1 Å². The third-order valence-corrected chi connectivity index (χ3v) is 3.02. The second-order valence-electron chi connectivity index (χ2n) is 4.49. The quantitative estimate of drug-likeness (QED) is 0.774. The summed E-state index contributed by atoms with van der Waals surface area (Å²) in [5, 5.41) is 3.31. The third kappa shape index (κ3) is 4.10. The van der Waals surface area contributed by atoms with Crippen LogP contribution in [0.1, 0.15) is 18.2 Å². The van der Waals surface area contributed by atoms with Crippen LogP contribution in [0.2, 0.25) is 0 Å². The molecule has 4 heteroatoms. The first-order valence-electron chi connectivity index (χ1n) is 6.66. The number of imidazole rings is 1. The lowest BCUT2D eigenvalue weighted by Gasteiger charge is -2.04. The number of nitrogens with one attached hydrogen (secondary N) is 1. The number of methoxy groups -OCH3 is 1. The molecule has 0 atom stereocenters. The fraction of sp³-hybridized carbons (Fsp3) is 0.400. The molecule has 0 aliphatic heterocycles. The molecule has 1 aromatic carbocycles. The Balaban J connectivity index is 1.91. The van der Waals surface area contributed by atoms with Crippen LogP contribution in [-0.4, -0.2) is 29.8 Å². The van der Waals surface area contributed by atoms with Crippen LogP contribution in [0.15, 0.2) is 36.8 Å². The molecule has 0 spiro atoms. The van der Waals surface area contributed by atoms with E-state index in [0.717, 1.165) is 37.5 Å². The molecule has 2 rings (SSSR count). The molecule has 0 aliphatic carbocycles. The van der Waals surface area contributed by atoms with Gasteiger partial charge in [0.2, 0.25) is 0 Å². The maximum absolute atomic E-state index is 5.15. The molecule has 2 aromatic rings. The van der Waals surface area contributed by atoms with E-state index >= 15 is 0 Å². The Kier molecular flexibility index (Phi) is 4.98. The SMILES string of the molecule is CCNCCc1cn(Cc2ccc(OC)cc2)cn1. The second-order valence-corrected chi connectivity index (χ2v) is 4.49. The van der Waals surface area contributed by atoms with Gasteiger partial charge in [0.25, 0.3) is 0 Å². The highest BCUT2D eigenvalue weighted by Crippen LogP contribution is 2.12. The lowest BCUT2D eigenvalue weighted by atomic mass is 10.2. The first kappa shape index (κ1) is 13.6. The maximum atomic E-state index is 5.15. The molecule has 1 heterocycles. The van der Waals surface area contributed by atoms with Gasteiger partial charge < -0.3 is 14.6 Å². The number of hydrogen-bond donors (Lipinski definition) is 1. The molecule has 102 valence electrons. The molecule has 0 unspecified atom stereocenters. The first-order chi connectivity index (χ1) is 9.31. The molecule has 0 aliphatic rings. The van der Waals surface area contributed by atoms with Gasteiger partial charge in [0, 0.05) is 25.7 Å². The molecule has 0 amide bonds. The predicted molar refractivity (Wildman–Crippen MR) is 76.6 cm³/mol. The van der Waals surface area contributed by atoms with Crippen molar-refractivity contribution in [1.29, 1.82) is 0 Å². The zero-order valence-corrected chi connectivity index (χ0v) is 11.6. The molecule has 0 bridgehead atoms. The van der Waals surface area contributed by atoms with Gasteiger partial charge in [-0.3, -0.25) is 0 Å². The van der Waals surface area contributed by atoms with Crippen LogP contribution in [0, 0.1) is 0 Å². The predicted octanol–water partition coefficient (Wildman–Crippen LogP) is 2.09. The fourth-order valence-electron chi connectivity index (χ4n) is 1.96. The fourth-order valence-corrected chi connectivity index (χ4v) is 1.96. The minimum atomic E-state index is 0.845. The molecular formula is C15H21N3O. The van der Waals surface area contributed by atoms with E-state index in [0.29, 0.717) is 0 Å². The zero-order chi connectivity index (χ0) is 13.5. The number of hydrogen-bond acceptors (Lipinski definition) is 3. The minimum Gasteiger partial charge on any atom is -0.497 e. The van der Waals surface area contributed by atoms with Crippen LogP contribution in [0.25, 0.3) is 0 Å². The maximum Gasteiger partial charge on any atom is 0.118 e. The summed E-state index contributed by atoms with van der Waals surface area (Å²) in [7, 11) is 1.68. The van der Waals surface area contributed by atoms with Crippen molar-refractivity contribution in [3.63, 3.8) is 0 Å². The van der Waals surface area contributed by atoms with E-state index in [4.69, 9.17) is 4.74 Å². The highest BCUT2D eigenvalue weighted by atomic mass is 16.5. The highest BCUT2D eigenvalue weighted by molar-refractivity contribution is 5.27. The largest absolute Gasteiger partial charge is 0.497 e. The van der Waals surface area contributed by atoms with Crippen molar-refractivity contribution >= 4 is 0 Å². The minimum absolute atomic E-state index is 0.845. The average molecular weight is 259 g/mol. The molecule has 0 radical (unpaired) electrons. The van der Waals surface area contributed by atoms with Crippen LogP contribution >= 0.6 is 0 Å². The molecule has 0 fully saturated rings. The summed E-state index contributed by atoms with van der Waals surface area (Å²) in [6.45, 7) is 4.95. The first-order valence-corrected chi connectivity index (χ1v) is 6.66. The summed E-state index contributed by atoms with van der Waals surface area (Å²) >= 11 is 0. The molecule has 1 aromatic heterocycles. The van der Waals surface area contributed by atoms with E-state index in [1.165, 1.54) is 5.56 Å². The van der Waals surface area contributed by atoms with Gasteiger partial charge >= 0.3 is 0 Å². The van der Waals surface area contributed by atoms with Crippen LogP contribution in [0.3, 0.4) is 0 Å². The summed E-state index contributed by atoms with van der Waals surface area (Å²) in [5.74, 6) is 0.890. The van der Waals surface area contributed by atoms with Crippen molar-refractivity contribution in [2.75, 3.05) is 20.2 Å². The Labute approximate surface area is 114 Å². The summed E-state index contributed by atoms with van der Waals surface area (Å²) in [5.41, 5.74) is 2.38. The van der Waals surface area contributed by atoms with Gasteiger partial charge in [-0.25, -0.2) is 4.98 Å². The second kappa shape index (κ2) is 6.95. The van der Waals surface area contributed by atoms with Crippen molar-refractivity contribution in [3.8, 4) is 5.75 Å². The standard InChI is InChI=1S/C15H21N3O/c1-3-16-9-8-14-11-18(12-17-14)10-13-4-6-15(19-2)7-5-13/h4-7,11-12,16H,3,8-10H2,1-2H3. The van der Waals surface area contributed by atoms with Crippen LogP contribution in [0.4, 0.5) is 0 Å². The van der Waals surface area contributed by atoms with Crippen molar-refractivity contribution in [1.82, 2.24) is 14.9 Å². The Morgan fingerprint density at radius 3 is 2.74 bits per heavy atom. The van der Waals surface area contributed by atoms with Crippen molar-refractivity contribution in [2.45, 2.75) is 19.9 Å². The summed E-state index contributed by atoms with van der Waals surface area (Å²) in [6.07, 6.45) is 4.98. The Bertz CT molecular complexity index is 490. The van der Waals surface area contributed by atoms with Gasteiger partial charge in [-0.05, 0) is 24.2 Å². The van der Waals surface area contributed by atoms with Gasteiger partial charge in [-0.2, -0.15) is 0 Å². The molecule has 0 saturated carbocycles. The molecule has 0 saturated heterocycles. The number of ether oxygens (including phenoxy) is 1. The highest BCUT2D eigenvalue weighted by Gasteiger charge is 2.00. The Morgan fingerprint density at radius 2 is 2.05 bits per heavy atom. The number of nitrogens with zero attached hydrogens (tertiary/aromatic N) is 2. The monoisotopic (exact) mass is 259 g/mol. The summed E-state index contributed by atoms with van der Waals surface area (Å²) < 4.78 is 7.27. The van der Waals surface area contributed by atoms with Gasteiger partial charge in [0.1, 0.15) is 5.75 Å².